The molecule has 1 atom stereocenters. The Labute approximate surface area is 148 Å². The highest BCUT2D eigenvalue weighted by Gasteiger charge is 2.21. The van der Waals surface area contributed by atoms with Gasteiger partial charge in [-0.15, -0.1) is 0 Å². The van der Waals surface area contributed by atoms with Crippen molar-refractivity contribution in [3.8, 4) is 11.5 Å². The molecule has 0 bridgehead atoms. The fourth-order valence-electron chi connectivity index (χ4n) is 2.89. The summed E-state index contributed by atoms with van der Waals surface area (Å²) in [5, 5.41) is 2.91. The van der Waals surface area contributed by atoms with Gasteiger partial charge in [-0.2, -0.15) is 0 Å². The van der Waals surface area contributed by atoms with Gasteiger partial charge in [-0.3, -0.25) is 4.79 Å². The highest BCUT2D eigenvalue weighted by atomic mass is 16.5. The number of fused-ring (bicyclic) bond motifs is 1. The smallest absolute Gasteiger partial charge is 0.244 e. The second-order valence-electron chi connectivity index (χ2n) is 6.10. The number of amides is 1. The molecule has 2 aromatic carbocycles. The van der Waals surface area contributed by atoms with E-state index in [0.717, 1.165) is 34.6 Å². The van der Waals surface area contributed by atoms with Gasteiger partial charge in [-0.25, -0.2) is 0 Å². The van der Waals surface area contributed by atoms with Crippen molar-refractivity contribution in [1.82, 2.24) is 5.32 Å². The van der Waals surface area contributed by atoms with Crippen LogP contribution in [0.2, 0.25) is 0 Å². The minimum atomic E-state index is -0.138. The maximum atomic E-state index is 12.1. The van der Waals surface area contributed by atoms with Gasteiger partial charge in [-0.05, 0) is 37.6 Å². The topological polar surface area (TPSA) is 47.6 Å². The van der Waals surface area contributed by atoms with Crippen molar-refractivity contribution in [3.05, 3.63) is 65.2 Å². The van der Waals surface area contributed by atoms with Crippen LogP contribution >= 0.6 is 0 Å². The fourth-order valence-corrected chi connectivity index (χ4v) is 2.89. The number of ether oxygens (including phenoxy) is 2. The predicted molar refractivity (Wildman–Crippen MR) is 98.7 cm³/mol. The van der Waals surface area contributed by atoms with Crippen LogP contribution in [0.3, 0.4) is 0 Å². The number of hydrogen-bond donors (Lipinski definition) is 1. The number of hydrogen-bond acceptors (Lipinski definition) is 3. The monoisotopic (exact) mass is 337 g/mol. The highest BCUT2D eigenvalue weighted by Crippen LogP contribution is 2.35. The molecule has 25 heavy (non-hydrogen) atoms. The van der Waals surface area contributed by atoms with Gasteiger partial charge in [0, 0.05) is 30.2 Å². The van der Waals surface area contributed by atoms with E-state index < -0.39 is 0 Å². The second-order valence-corrected chi connectivity index (χ2v) is 6.10. The summed E-state index contributed by atoms with van der Waals surface area (Å²) >= 11 is 0. The zero-order chi connectivity index (χ0) is 17.6. The van der Waals surface area contributed by atoms with Crippen LogP contribution in [0.1, 0.15) is 30.5 Å². The molecule has 0 saturated carbocycles. The molecule has 1 amide bonds. The van der Waals surface area contributed by atoms with E-state index in [1.54, 1.807) is 12.2 Å². The summed E-state index contributed by atoms with van der Waals surface area (Å²) in [5.74, 6) is 1.56. The van der Waals surface area contributed by atoms with E-state index in [4.69, 9.17) is 9.47 Å². The normalized spacial score (nSPS) is 15.7. The van der Waals surface area contributed by atoms with Crippen molar-refractivity contribution < 1.29 is 14.3 Å². The number of benzene rings is 2. The lowest BCUT2D eigenvalue weighted by molar-refractivity contribution is -0.116. The number of rotatable bonds is 6. The van der Waals surface area contributed by atoms with Crippen LogP contribution in [0.25, 0.3) is 6.08 Å². The Morgan fingerprint density at radius 3 is 2.88 bits per heavy atom. The van der Waals surface area contributed by atoms with E-state index in [-0.39, 0.29) is 12.0 Å². The SMILES string of the molecule is CCOc1cc2c(cc1CNC(=O)/C=C/c1ccccc1)O[C@@H](C)C2. The van der Waals surface area contributed by atoms with Crippen LogP contribution in [0.5, 0.6) is 11.5 Å². The minimum Gasteiger partial charge on any atom is -0.494 e. The van der Waals surface area contributed by atoms with Crippen molar-refractivity contribution in [3.63, 3.8) is 0 Å². The Morgan fingerprint density at radius 1 is 1.32 bits per heavy atom. The lowest BCUT2D eigenvalue weighted by Gasteiger charge is -2.13. The first-order valence-electron chi connectivity index (χ1n) is 8.62. The molecule has 1 aliphatic heterocycles. The zero-order valence-electron chi connectivity index (χ0n) is 14.6. The third kappa shape index (κ3) is 4.41. The first kappa shape index (κ1) is 17.1. The van der Waals surface area contributed by atoms with Crippen molar-refractivity contribution in [2.45, 2.75) is 32.9 Å². The van der Waals surface area contributed by atoms with Gasteiger partial charge < -0.3 is 14.8 Å². The Morgan fingerprint density at radius 2 is 2.12 bits per heavy atom. The molecule has 0 saturated heterocycles. The summed E-state index contributed by atoms with van der Waals surface area (Å²) in [6, 6.07) is 13.7. The molecule has 4 heteroatoms. The van der Waals surface area contributed by atoms with E-state index in [9.17, 15) is 4.79 Å². The van der Waals surface area contributed by atoms with Gasteiger partial charge in [0.05, 0.1) is 6.61 Å². The third-order valence-electron chi connectivity index (χ3n) is 4.06. The molecular formula is C21H23NO3. The van der Waals surface area contributed by atoms with E-state index in [2.05, 4.69) is 12.2 Å². The van der Waals surface area contributed by atoms with E-state index in [0.29, 0.717) is 13.2 Å². The molecule has 1 heterocycles. The van der Waals surface area contributed by atoms with Crippen molar-refractivity contribution in [2.24, 2.45) is 0 Å². The molecule has 0 aromatic heterocycles. The van der Waals surface area contributed by atoms with Crippen LogP contribution in [0.15, 0.2) is 48.5 Å². The van der Waals surface area contributed by atoms with Crippen molar-refractivity contribution in [1.29, 1.82) is 0 Å². The second kappa shape index (κ2) is 7.88. The molecular weight excluding hydrogens is 314 g/mol. The summed E-state index contributed by atoms with van der Waals surface area (Å²) in [6.07, 6.45) is 4.42. The van der Waals surface area contributed by atoms with E-state index >= 15 is 0 Å². The molecule has 0 spiro atoms. The molecule has 3 rings (SSSR count). The quantitative estimate of drug-likeness (QED) is 0.817. The minimum absolute atomic E-state index is 0.138. The molecule has 2 aromatic rings. The highest BCUT2D eigenvalue weighted by molar-refractivity contribution is 5.91. The number of carbonyl (C=O) groups excluding carboxylic acids is 1. The third-order valence-corrected chi connectivity index (χ3v) is 4.06. The predicted octanol–water partition coefficient (Wildman–Crippen LogP) is 3.74. The molecule has 130 valence electrons. The lowest BCUT2D eigenvalue weighted by atomic mass is 10.1. The van der Waals surface area contributed by atoms with Crippen LogP contribution in [-0.2, 0) is 17.8 Å². The zero-order valence-corrected chi connectivity index (χ0v) is 14.6. The fraction of sp³-hybridized carbons (Fsp3) is 0.286. The molecule has 0 radical (unpaired) electrons. The van der Waals surface area contributed by atoms with Crippen LogP contribution in [0.4, 0.5) is 0 Å². The van der Waals surface area contributed by atoms with Gasteiger partial charge in [0.15, 0.2) is 0 Å². The van der Waals surface area contributed by atoms with Crippen LogP contribution in [0, 0.1) is 0 Å². The average molecular weight is 337 g/mol. The Balaban J connectivity index is 1.67. The first-order chi connectivity index (χ1) is 12.2. The Hall–Kier alpha value is -2.75. The molecule has 0 fully saturated rings. The molecule has 0 unspecified atom stereocenters. The summed E-state index contributed by atoms with van der Waals surface area (Å²) in [4.78, 5) is 12.1. The number of carbonyl (C=O) groups is 1. The average Bonchev–Trinajstić information content (AvgIpc) is 2.98. The summed E-state index contributed by atoms with van der Waals surface area (Å²) in [6.45, 7) is 5.00. The van der Waals surface area contributed by atoms with Crippen molar-refractivity contribution >= 4 is 12.0 Å². The van der Waals surface area contributed by atoms with Crippen molar-refractivity contribution in [2.75, 3.05) is 6.61 Å². The summed E-state index contributed by atoms with van der Waals surface area (Å²) < 4.78 is 11.5. The summed E-state index contributed by atoms with van der Waals surface area (Å²) in [7, 11) is 0. The number of nitrogens with one attached hydrogen (secondary N) is 1. The molecule has 4 nitrogen and oxygen atoms in total. The summed E-state index contributed by atoms with van der Waals surface area (Å²) in [5.41, 5.74) is 3.08. The largest absolute Gasteiger partial charge is 0.494 e. The van der Waals surface area contributed by atoms with Gasteiger partial charge in [-0.1, -0.05) is 30.3 Å². The van der Waals surface area contributed by atoms with Crippen LogP contribution < -0.4 is 14.8 Å². The Bertz CT molecular complexity index is 768. The lowest BCUT2D eigenvalue weighted by Crippen LogP contribution is -2.20. The van der Waals surface area contributed by atoms with Gasteiger partial charge >= 0.3 is 0 Å². The van der Waals surface area contributed by atoms with Gasteiger partial charge in [0.1, 0.15) is 17.6 Å². The van der Waals surface area contributed by atoms with Gasteiger partial charge in [0.2, 0.25) is 5.91 Å². The van der Waals surface area contributed by atoms with Gasteiger partial charge in [0.25, 0.3) is 0 Å². The Kier molecular flexibility index (Phi) is 5.39. The maximum Gasteiger partial charge on any atom is 0.244 e. The molecule has 1 aliphatic rings. The maximum absolute atomic E-state index is 12.1. The van der Waals surface area contributed by atoms with E-state index in [1.165, 1.54) is 0 Å². The molecule has 0 aliphatic carbocycles. The van der Waals surface area contributed by atoms with E-state index in [1.807, 2.05) is 49.4 Å². The first-order valence-corrected chi connectivity index (χ1v) is 8.62. The van der Waals surface area contributed by atoms with Crippen LogP contribution in [-0.4, -0.2) is 18.6 Å². The molecule has 1 N–H and O–H groups in total. The standard InChI is InChI=1S/C21H23NO3/c1-3-24-19-12-17-11-15(2)25-20(17)13-18(19)14-22-21(23)10-9-16-7-5-4-6-8-16/h4-10,12-13,15H,3,11,14H2,1-2H3,(H,22,23)/b10-9+/t15-/m0/s1.